The van der Waals surface area contributed by atoms with Crippen molar-refractivity contribution in [2.75, 3.05) is 5.32 Å². The van der Waals surface area contributed by atoms with Crippen LogP contribution in [0.1, 0.15) is 50.5 Å². The molecule has 2 rings (SSSR count). The number of hydrogen-bond donors (Lipinski definition) is 1. The topological polar surface area (TPSA) is 52.9 Å². The molecule has 1 aliphatic rings. The second-order valence-corrected chi connectivity index (χ2v) is 5.19. The number of nitrogens with one attached hydrogen (secondary N) is 1. The van der Waals surface area contributed by atoms with E-state index in [1.165, 1.54) is 19.3 Å². The van der Waals surface area contributed by atoms with Gasteiger partial charge in [-0.1, -0.05) is 44.2 Å². The second kappa shape index (κ2) is 6.94. The van der Waals surface area contributed by atoms with Gasteiger partial charge in [0.2, 0.25) is 5.91 Å². The molecule has 1 aromatic rings. The van der Waals surface area contributed by atoms with E-state index in [0.717, 1.165) is 25.7 Å². The second-order valence-electron chi connectivity index (χ2n) is 5.19. The van der Waals surface area contributed by atoms with Crippen molar-refractivity contribution in [1.82, 2.24) is 0 Å². The number of rotatable bonds is 2. The summed E-state index contributed by atoms with van der Waals surface area (Å²) in [6.45, 7) is 0. The van der Waals surface area contributed by atoms with E-state index >= 15 is 0 Å². The monoisotopic (exact) mass is 256 g/mol. The average molecular weight is 256 g/mol. The van der Waals surface area contributed by atoms with Crippen LogP contribution in [0.3, 0.4) is 0 Å². The van der Waals surface area contributed by atoms with E-state index in [1.807, 2.05) is 12.1 Å². The molecule has 0 atom stereocenters. The number of hydrogen-bond acceptors (Lipinski definition) is 2. The van der Waals surface area contributed by atoms with Crippen molar-refractivity contribution in [3.63, 3.8) is 0 Å². The first-order valence-electron chi connectivity index (χ1n) is 7.11. The molecule has 1 aliphatic carbocycles. The van der Waals surface area contributed by atoms with E-state index < -0.39 is 0 Å². The molecule has 0 heterocycles. The highest BCUT2D eigenvalue weighted by molar-refractivity contribution is 5.93. The summed E-state index contributed by atoms with van der Waals surface area (Å²) in [7, 11) is 0. The van der Waals surface area contributed by atoms with Crippen molar-refractivity contribution < 1.29 is 4.79 Å². The third kappa shape index (κ3) is 3.82. The van der Waals surface area contributed by atoms with Gasteiger partial charge in [-0.2, -0.15) is 5.26 Å². The first kappa shape index (κ1) is 13.6. The molecule has 1 amide bonds. The van der Waals surface area contributed by atoms with Crippen molar-refractivity contribution in [2.24, 2.45) is 5.92 Å². The van der Waals surface area contributed by atoms with Crippen LogP contribution in [0.25, 0.3) is 0 Å². The van der Waals surface area contributed by atoms with E-state index in [-0.39, 0.29) is 11.8 Å². The minimum Gasteiger partial charge on any atom is -0.325 e. The minimum absolute atomic E-state index is 0.0737. The Bertz CT molecular complexity index is 468. The number of anilines is 1. The Labute approximate surface area is 114 Å². The number of amides is 1. The Kier molecular flexibility index (Phi) is 4.97. The Morgan fingerprint density at radius 1 is 1.11 bits per heavy atom. The Hall–Kier alpha value is -1.82. The lowest BCUT2D eigenvalue weighted by Crippen LogP contribution is -2.24. The molecule has 3 nitrogen and oxygen atoms in total. The van der Waals surface area contributed by atoms with Crippen LogP contribution < -0.4 is 5.32 Å². The molecule has 1 aromatic carbocycles. The summed E-state index contributed by atoms with van der Waals surface area (Å²) in [4.78, 5) is 12.3. The van der Waals surface area contributed by atoms with Crippen LogP contribution in [0.5, 0.6) is 0 Å². The molecule has 0 unspecified atom stereocenters. The summed E-state index contributed by atoms with van der Waals surface area (Å²) in [6, 6.07) is 9.28. The van der Waals surface area contributed by atoms with Crippen LogP contribution in [0.2, 0.25) is 0 Å². The summed E-state index contributed by atoms with van der Waals surface area (Å²) in [5.41, 5.74) is 1.17. The Morgan fingerprint density at radius 3 is 2.42 bits per heavy atom. The quantitative estimate of drug-likeness (QED) is 0.873. The molecule has 0 bridgehead atoms. The van der Waals surface area contributed by atoms with Crippen LogP contribution in [0.15, 0.2) is 24.3 Å². The minimum atomic E-state index is 0.0737. The molecular formula is C16H20N2O. The molecule has 100 valence electrons. The zero-order valence-electron chi connectivity index (χ0n) is 11.2. The maximum Gasteiger partial charge on any atom is 0.227 e. The molecule has 3 heteroatoms. The van der Waals surface area contributed by atoms with Gasteiger partial charge in [0.15, 0.2) is 0 Å². The van der Waals surface area contributed by atoms with Crippen molar-refractivity contribution in [3.8, 4) is 6.07 Å². The molecule has 0 radical (unpaired) electrons. The summed E-state index contributed by atoms with van der Waals surface area (Å²) < 4.78 is 0. The van der Waals surface area contributed by atoms with Crippen molar-refractivity contribution in [3.05, 3.63) is 29.8 Å². The highest BCUT2D eigenvalue weighted by Gasteiger charge is 2.20. The fourth-order valence-corrected chi connectivity index (χ4v) is 2.64. The van der Waals surface area contributed by atoms with Gasteiger partial charge in [-0.3, -0.25) is 4.79 Å². The average Bonchev–Trinajstić information content (AvgIpc) is 2.38. The first-order valence-corrected chi connectivity index (χ1v) is 7.11. The van der Waals surface area contributed by atoms with Gasteiger partial charge in [-0.15, -0.1) is 0 Å². The van der Waals surface area contributed by atoms with E-state index in [4.69, 9.17) is 5.26 Å². The van der Waals surface area contributed by atoms with E-state index in [1.54, 1.807) is 12.1 Å². The van der Waals surface area contributed by atoms with Crippen LogP contribution >= 0.6 is 0 Å². The van der Waals surface area contributed by atoms with Crippen LogP contribution in [-0.4, -0.2) is 5.91 Å². The Balaban J connectivity index is 2.01. The highest BCUT2D eigenvalue weighted by Crippen LogP contribution is 2.24. The van der Waals surface area contributed by atoms with Gasteiger partial charge in [0.05, 0.1) is 11.3 Å². The molecule has 0 spiro atoms. The fraction of sp³-hybridized carbons (Fsp3) is 0.500. The van der Waals surface area contributed by atoms with Gasteiger partial charge in [0.25, 0.3) is 0 Å². The zero-order chi connectivity index (χ0) is 13.5. The summed E-state index contributed by atoms with van der Waals surface area (Å²) >= 11 is 0. The number of carbonyl (C=O) groups excluding carboxylic acids is 1. The van der Waals surface area contributed by atoms with Gasteiger partial charge < -0.3 is 5.32 Å². The first-order chi connectivity index (χ1) is 9.31. The van der Waals surface area contributed by atoms with Gasteiger partial charge in [-0.05, 0) is 25.0 Å². The maximum absolute atomic E-state index is 12.3. The number of benzene rings is 1. The SMILES string of the molecule is N#Cc1ccccc1NC(=O)C1CCCCCCC1. The number of para-hydroxylation sites is 1. The van der Waals surface area contributed by atoms with E-state index in [9.17, 15) is 4.79 Å². The largest absolute Gasteiger partial charge is 0.325 e. The third-order valence-electron chi connectivity index (χ3n) is 3.78. The van der Waals surface area contributed by atoms with Gasteiger partial charge in [-0.25, -0.2) is 0 Å². The molecule has 0 saturated heterocycles. The number of nitriles is 1. The zero-order valence-corrected chi connectivity index (χ0v) is 11.2. The summed E-state index contributed by atoms with van der Waals surface area (Å²) in [5, 5.41) is 11.9. The summed E-state index contributed by atoms with van der Waals surface area (Å²) in [6.07, 6.45) is 7.99. The normalized spacial score (nSPS) is 17.0. The number of nitrogens with zero attached hydrogens (tertiary/aromatic N) is 1. The van der Waals surface area contributed by atoms with Gasteiger partial charge in [0, 0.05) is 5.92 Å². The van der Waals surface area contributed by atoms with Gasteiger partial charge >= 0.3 is 0 Å². The summed E-state index contributed by atoms with van der Waals surface area (Å²) in [5.74, 6) is 0.177. The highest BCUT2D eigenvalue weighted by atomic mass is 16.1. The molecular weight excluding hydrogens is 236 g/mol. The van der Waals surface area contributed by atoms with E-state index in [2.05, 4.69) is 11.4 Å². The predicted molar refractivity (Wildman–Crippen MR) is 75.6 cm³/mol. The molecule has 1 saturated carbocycles. The molecule has 1 fully saturated rings. The van der Waals surface area contributed by atoms with Gasteiger partial charge in [0.1, 0.15) is 6.07 Å². The third-order valence-corrected chi connectivity index (χ3v) is 3.78. The lowest BCUT2D eigenvalue weighted by atomic mass is 9.90. The molecule has 0 aliphatic heterocycles. The van der Waals surface area contributed by atoms with Crippen molar-refractivity contribution >= 4 is 11.6 Å². The standard InChI is InChI=1S/C16H20N2O/c17-12-14-10-6-7-11-15(14)18-16(19)13-8-4-2-1-3-5-9-13/h6-7,10-11,13H,1-5,8-9H2,(H,18,19). The predicted octanol–water partition coefficient (Wildman–Crippen LogP) is 3.86. The molecule has 19 heavy (non-hydrogen) atoms. The van der Waals surface area contributed by atoms with Crippen LogP contribution in [0, 0.1) is 17.2 Å². The fourth-order valence-electron chi connectivity index (χ4n) is 2.64. The molecule has 1 N–H and O–H groups in total. The Morgan fingerprint density at radius 2 is 1.74 bits per heavy atom. The van der Waals surface area contributed by atoms with Crippen LogP contribution in [-0.2, 0) is 4.79 Å². The lowest BCUT2D eigenvalue weighted by Gasteiger charge is -2.19. The van der Waals surface area contributed by atoms with Crippen molar-refractivity contribution in [1.29, 1.82) is 5.26 Å². The number of carbonyl (C=O) groups is 1. The van der Waals surface area contributed by atoms with E-state index in [0.29, 0.717) is 11.3 Å². The maximum atomic E-state index is 12.3. The van der Waals surface area contributed by atoms with Crippen LogP contribution in [0.4, 0.5) is 5.69 Å². The smallest absolute Gasteiger partial charge is 0.227 e. The molecule has 0 aromatic heterocycles. The van der Waals surface area contributed by atoms with Crippen molar-refractivity contribution in [2.45, 2.75) is 44.9 Å². The lowest BCUT2D eigenvalue weighted by molar-refractivity contribution is -0.120.